The molecule has 0 saturated carbocycles. The molecule has 0 spiro atoms. The Morgan fingerprint density at radius 1 is 1.21 bits per heavy atom. The van der Waals surface area contributed by atoms with Gasteiger partial charge in [0.1, 0.15) is 0 Å². The number of primary amides is 1. The van der Waals surface area contributed by atoms with Crippen LogP contribution in [0, 0.1) is 5.41 Å². The van der Waals surface area contributed by atoms with E-state index in [1.807, 2.05) is 0 Å². The van der Waals surface area contributed by atoms with Crippen LogP contribution in [0.1, 0.15) is 34.1 Å². The smallest absolute Gasteiger partial charge is 0.311 e. The number of nitrogens with one attached hydrogen (secondary N) is 1. The van der Waals surface area contributed by atoms with Crippen molar-refractivity contribution in [3.8, 4) is 0 Å². The minimum Gasteiger partial charge on any atom is -0.481 e. The zero-order valence-corrected chi connectivity index (χ0v) is 12.6. The van der Waals surface area contributed by atoms with Crippen LogP contribution in [0.25, 0.3) is 0 Å². The van der Waals surface area contributed by atoms with E-state index >= 15 is 0 Å². The molecule has 0 aromatic rings. The molecule has 2 amide bonds. The first kappa shape index (κ1) is 17.8. The second-order valence-corrected chi connectivity index (χ2v) is 6.48. The summed E-state index contributed by atoms with van der Waals surface area (Å²) in [5.74, 6) is -0.981. The molecule has 0 aromatic carbocycles. The summed E-state index contributed by atoms with van der Waals surface area (Å²) in [6.45, 7) is 6.49. The number of rotatable bonds is 8. The lowest BCUT2D eigenvalue weighted by atomic mass is 9.74. The molecule has 0 aromatic heterocycles. The average molecular weight is 290 g/mol. The van der Waals surface area contributed by atoms with Crippen molar-refractivity contribution in [1.29, 1.82) is 0 Å². The van der Waals surface area contributed by atoms with Crippen LogP contribution in [-0.4, -0.2) is 39.9 Å². The highest BCUT2D eigenvalue weighted by Crippen LogP contribution is 2.30. The fraction of sp³-hybridized carbons (Fsp3) is 0.750. The maximum atomic E-state index is 11.7. The van der Waals surface area contributed by atoms with Crippen molar-refractivity contribution in [2.24, 2.45) is 11.1 Å². The van der Waals surface area contributed by atoms with E-state index in [-0.39, 0.29) is 18.1 Å². The Balaban J connectivity index is 4.32. The lowest BCUT2D eigenvalue weighted by molar-refractivity contribution is -0.151. The zero-order valence-electron chi connectivity index (χ0n) is 11.8. The number of carbonyl (C=O) groups excluding carboxylic acids is 2. The number of carbonyl (C=O) groups is 3. The molecule has 0 atom stereocenters. The van der Waals surface area contributed by atoms with Gasteiger partial charge in [-0.2, -0.15) is 11.8 Å². The van der Waals surface area contributed by atoms with Gasteiger partial charge < -0.3 is 16.2 Å². The summed E-state index contributed by atoms with van der Waals surface area (Å²) >= 11 is 1.28. The molecular formula is C12H22N2O4S. The van der Waals surface area contributed by atoms with Gasteiger partial charge in [-0.3, -0.25) is 14.4 Å². The zero-order chi connectivity index (χ0) is 15.3. The summed E-state index contributed by atoms with van der Waals surface area (Å²) in [4.78, 5) is 33.4. The van der Waals surface area contributed by atoms with Crippen LogP contribution in [-0.2, 0) is 14.4 Å². The topological polar surface area (TPSA) is 109 Å². The van der Waals surface area contributed by atoms with Crippen LogP contribution >= 0.6 is 11.8 Å². The normalized spacial score (nSPS) is 12.0. The lowest BCUT2D eigenvalue weighted by Gasteiger charge is -2.38. The molecule has 0 rings (SSSR count). The van der Waals surface area contributed by atoms with E-state index in [9.17, 15) is 14.4 Å². The number of aliphatic carboxylic acids is 1. The van der Waals surface area contributed by atoms with Crippen LogP contribution in [0.2, 0.25) is 0 Å². The van der Waals surface area contributed by atoms with Gasteiger partial charge in [-0.25, -0.2) is 0 Å². The van der Waals surface area contributed by atoms with Crippen molar-refractivity contribution < 1.29 is 19.5 Å². The Labute approximate surface area is 117 Å². The number of nitrogens with two attached hydrogens (primary N) is 1. The minimum atomic E-state index is -1.08. The Morgan fingerprint density at radius 3 is 2.16 bits per heavy atom. The summed E-state index contributed by atoms with van der Waals surface area (Å²) < 4.78 is 0. The SMILES string of the molecule is CC(C)(NC(=O)CCSCC(N)=O)C(C)(C)C(=O)O. The minimum absolute atomic E-state index is 0.178. The number of hydrogen-bond donors (Lipinski definition) is 3. The van der Waals surface area contributed by atoms with E-state index in [0.717, 1.165) is 0 Å². The molecule has 0 aliphatic heterocycles. The van der Waals surface area contributed by atoms with Gasteiger partial charge in [-0.15, -0.1) is 0 Å². The fourth-order valence-electron chi connectivity index (χ4n) is 1.17. The van der Waals surface area contributed by atoms with Gasteiger partial charge in [0, 0.05) is 17.7 Å². The third-order valence-corrected chi connectivity index (χ3v) is 4.25. The van der Waals surface area contributed by atoms with Gasteiger partial charge in [0.05, 0.1) is 11.2 Å². The third kappa shape index (κ3) is 5.50. The predicted molar refractivity (Wildman–Crippen MR) is 74.8 cm³/mol. The molecular weight excluding hydrogens is 268 g/mol. The van der Waals surface area contributed by atoms with E-state index in [1.165, 1.54) is 11.8 Å². The van der Waals surface area contributed by atoms with Crippen molar-refractivity contribution in [3.05, 3.63) is 0 Å². The molecule has 4 N–H and O–H groups in total. The molecule has 0 aliphatic carbocycles. The van der Waals surface area contributed by atoms with E-state index < -0.39 is 22.8 Å². The Morgan fingerprint density at radius 2 is 1.74 bits per heavy atom. The first-order valence-corrected chi connectivity index (χ1v) is 7.06. The van der Waals surface area contributed by atoms with Crippen LogP contribution in [0.3, 0.4) is 0 Å². The maximum Gasteiger partial charge on any atom is 0.311 e. The second-order valence-electron chi connectivity index (χ2n) is 5.37. The third-order valence-electron chi connectivity index (χ3n) is 3.27. The van der Waals surface area contributed by atoms with Gasteiger partial charge >= 0.3 is 5.97 Å². The quantitative estimate of drug-likeness (QED) is 0.567. The molecule has 0 aliphatic rings. The number of carboxylic acids is 1. The highest BCUT2D eigenvalue weighted by Gasteiger charge is 2.44. The van der Waals surface area contributed by atoms with Crippen LogP contribution in [0.15, 0.2) is 0 Å². The van der Waals surface area contributed by atoms with Crippen LogP contribution in [0.4, 0.5) is 0 Å². The van der Waals surface area contributed by atoms with Gasteiger partial charge in [-0.1, -0.05) is 0 Å². The maximum absolute atomic E-state index is 11.7. The molecule has 0 bridgehead atoms. The lowest BCUT2D eigenvalue weighted by Crippen LogP contribution is -2.57. The average Bonchev–Trinajstić information content (AvgIpc) is 2.23. The van der Waals surface area contributed by atoms with E-state index in [2.05, 4.69) is 5.32 Å². The fourth-order valence-corrected chi connectivity index (χ4v) is 1.85. The molecule has 0 heterocycles. The van der Waals surface area contributed by atoms with Gasteiger partial charge in [0.15, 0.2) is 0 Å². The predicted octanol–water partition coefficient (Wildman–Crippen LogP) is 0.601. The summed E-state index contributed by atoms with van der Waals surface area (Å²) in [6.07, 6.45) is 0.219. The summed E-state index contributed by atoms with van der Waals surface area (Å²) in [7, 11) is 0. The number of thioether (sulfide) groups is 1. The summed E-state index contributed by atoms with van der Waals surface area (Å²) in [6, 6.07) is 0. The molecule has 0 unspecified atom stereocenters. The van der Waals surface area contributed by atoms with Gasteiger partial charge in [-0.05, 0) is 27.7 Å². The van der Waals surface area contributed by atoms with Crippen LogP contribution < -0.4 is 11.1 Å². The second kappa shape index (κ2) is 6.79. The standard InChI is InChI=1S/C12H22N2O4S/c1-11(2,10(17)18)12(3,4)14-9(16)5-6-19-7-8(13)15/h5-7H2,1-4H3,(H2,13,15)(H,14,16)(H,17,18). The Bertz CT molecular complexity index is 367. The Hall–Kier alpha value is -1.24. The van der Waals surface area contributed by atoms with Gasteiger partial charge in [0.25, 0.3) is 0 Å². The summed E-state index contributed by atoms with van der Waals surface area (Å²) in [5, 5.41) is 11.9. The Kier molecular flexibility index (Phi) is 6.35. The van der Waals surface area contributed by atoms with E-state index in [4.69, 9.17) is 10.8 Å². The number of amides is 2. The number of carboxylic acid groups (broad SMARTS) is 1. The van der Waals surface area contributed by atoms with Crippen molar-refractivity contribution in [3.63, 3.8) is 0 Å². The number of hydrogen-bond acceptors (Lipinski definition) is 4. The largest absolute Gasteiger partial charge is 0.481 e. The monoisotopic (exact) mass is 290 g/mol. The van der Waals surface area contributed by atoms with Gasteiger partial charge in [0.2, 0.25) is 11.8 Å². The first-order chi connectivity index (χ1) is 8.50. The van der Waals surface area contributed by atoms with Crippen molar-refractivity contribution >= 4 is 29.5 Å². The van der Waals surface area contributed by atoms with E-state index in [0.29, 0.717) is 5.75 Å². The van der Waals surface area contributed by atoms with Crippen LogP contribution in [0.5, 0.6) is 0 Å². The first-order valence-electron chi connectivity index (χ1n) is 5.91. The van der Waals surface area contributed by atoms with Crippen molar-refractivity contribution in [2.75, 3.05) is 11.5 Å². The molecule has 0 fully saturated rings. The highest BCUT2D eigenvalue weighted by molar-refractivity contribution is 7.99. The molecule has 0 radical (unpaired) electrons. The molecule has 110 valence electrons. The summed E-state index contributed by atoms with van der Waals surface area (Å²) in [5.41, 5.74) is 3.02. The van der Waals surface area contributed by atoms with E-state index in [1.54, 1.807) is 27.7 Å². The molecule has 0 saturated heterocycles. The van der Waals surface area contributed by atoms with Crippen molar-refractivity contribution in [2.45, 2.75) is 39.7 Å². The highest BCUT2D eigenvalue weighted by atomic mass is 32.2. The molecule has 7 heteroatoms. The molecule has 6 nitrogen and oxygen atoms in total. The molecule has 19 heavy (non-hydrogen) atoms. The van der Waals surface area contributed by atoms with Crippen molar-refractivity contribution in [1.82, 2.24) is 5.32 Å².